The quantitative estimate of drug-likeness (QED) is 0.715. The van der Waals surface area contributed by atoms with Gasteiger partial charge in [-0.1, -0.05) is 6.07 Å². The zero-order valence-electron chi connectivity index (χ0n) is 8.41. The largest absolute Gasteiger partial charge is 0.468 e. The SMILES string of the molecule is COC(=O)CNCc1cncc(C)c1. The van der Waals surface area contributed by atoms with Crippen molar-refractivity contribution in [3.05, 3.63) is 29.6 Å². The van der Waals surface area contributed by atoms with Crippen LogP contribution in [0.3, 0.4) is 0 Å². The molecule has 0 unspecified atom stereocenters. The minimum atomic E-state index is -0.259. The van der Waals surface area contributed by atoms with E-state index in [1.165, 1.54) is 7.11 Å². The van der Waals surface area contributed by atoms with Gasteiger partial charge in [-0.15, -0.1) is 0 Å². The van der Waals surface area contributed by atoms with Gasteiger partial charge in [-0.3, -0.25) is 9.78 Å². The summed E-state index contributed by atoms with van der Waals surface area (Å²) < 4.78 is 4.49. The highest BCUT2D eigenvalue weighted by molar-refractivity contribution is 5.71. The minimum absolute atomic E-state index is 0.227. The molecule has 0 saturated heterocycles. The lowest BCUT2D eigenvalue weighted by atomic mass is 10.2. The number of rotatable bonds is 4. The molecule has 76 valence electrons. The number of aryl methyl sites for hydroxylation is 1. The Morgan fingerprint density at radius 3 is 3.00 bits per heavy atom. The van der Waals surface area contributed by atoms with Crippen LogP contribution in [0.4, 0.5) is 0 Å². The summed E-state index contributed by atoms with van der Waals surface area (Å²) in [5.41, 5.74) is 2.18. The minimum Gasteiger partial charge on any atom is -0.468 e. The number of carbonyl (C=O) groups is 1. The van der Waals surface area contributed by atoms with Crippen LogP contribution in [0.5, 0.6) is 0 Å². The summed E-state index contributed by atoms with van der Waals surface area (Å²) in [6.07, 6.45) is 3.57. The van der Waals surface area contributed by atoms with E-state index >= 15 is 0 Å². The predicted octanol–water partition coefficient (Wildman–Crippen LogP) is 0.653. The van der Waals surface area contributed by atoms with E-state index in [1.807, 2.05) is 13.0 Å². The summed E-state index contributed by atoms with van der Waals surface area (Å²) in [4.78, 5) is 14.8. The Labute approximate surface area is 83.3 Å². The lowest BCUT2D eigenvalue weighted by Gasteiger charge is -2.03. The molecular weight excluding hydrogens is 180 g/mol. The first-order valence-corrected chi connectivity index (χ1v) is 4.40. The van der Waals surface area contributed by atoms with Gasteiger partial charge in [0.1, 0.15) is 0 Å². The van der Waals surface area contributed by atoms with Gasteiger partial charge in [0.2, 0.25) is 0 Å². The highest BCUT2D eigenvalue weighted by Gasteiger charge is 1.99. The number of carbonyl (C=O) groups excluding carboxylic acids is 1. The van der Waals surface area contributed by atoms with Crippen LogP contribution in [-0.2, 0) is 16.1 Å². The van der Waals surface area contributed by atoms with Gasteiger partial charge in [0, 0.05) is 18.9 Å². The number of ether oxygens (including phenoxy) is 1. The molecule has 1 aromatic rings. The smallest absolute Gasteiger partial charge is 0.319 e. The molecule has 4 heteroatoms. The Morgan fingerprint density at radius 2 is 2.36 bits per heavy atom. The first-order valence-electron chi connectivity index (χ1n) is 4.40. The number of aromatic nitrogens is 1. The molecule has 0 spiro atoms. The molecule has 1 aromatic heterocycles. The van der Waals surface area contributed by atoms with Crippen LogP contribution < -0.4 is 5.32 Å². The fraction of sp³-hybridized carbons (Fsp3) is 0.400. The first-order chi connectivity index (χ1) is 6.72. The molecule has 0 radical (unpaired) electrons. The molecule has 1 rings (SSSR count). The highest BCUT2D eigenvalue weighted by atomic mass is 16.5. The maximum Gasteiger partial charge on any atom is 0.319 e. The van der Waals surface area contributed by atoms with Gasteiger partial charge < -0.3 is 10.1 Å². The van der Waals surface area contributed by atoms with Crippen LogP contribution in [0.15, 0.2) is 18.5 Å². The molecule has 0 atom stereocenters. The van der Waals surface area contributed by atoms with E-state index in [0.29, 0.717) is 6.54 Å². The van der Waals surface area contributed by atoms with Gasteiger partial charge in [-0.05, 0) is 18.1 Å². The van der Waals surface area contributed by atoms with Crippen LogP contribution in [0.1, 0.15) is 11.1 Å². The van der Waals surface area contributed by atoms with Gasteiger partial charge in [-0.25, -0.2) is 0 Å². The lowest BCUT2D eigenvalue weighted by Crippen LogP contribution is -2.23. The monoisotopic (exact) mass is 194 g/mol. The van der Waals surface area contributed by atoms with Gasteiger partial charge in [0.25, 0.3) is 0 Å². The van der Waals surface area contributed by atoms with Crippen molar-refractivity contribution in [1.82, 2.24) is 10.3 Å². The summed E-state index contributed by atoms with van der Waals surface area (Å²) in [5, 5.41) is 2.97. The van der Waals surface area contributed by atoms with E-state index < -0.39 is 0 Å². The second-order valence-electron chi connectivity index (χ2n) is 3.05. The maximum atomic E-state index is 10.8. The molecule has 14 heavy (non-hydrogen) atoms. The maximum absolute atomic E-state index is 10.8. The number of nitrogens with one attached hydrogen (secondary N) is 1. The summed E-state index contributed by atoms with van der Waals surface area (Å²) in [6, 6.07) is 2.03. The van der Waals surface area contributed by atoms with E-state index in [0.717, 1.165) is 11.1 Å². The van der Waals surface area contributed by atoms with Gasteiger partial charge in [0.15, 0.2) is 0 Å². The van der Waals surface area contributed by atoms with E-state index in [4.69, 9.17) is 0 Å². The Bertz CT molecular complexity index is 313. The fourth-order valence-corrected chi connectivity index (χ4v) is 1.10. The zero-order valence-corrected chi connectivity index (χ0v) is 8.41. The van der Waals surface area contributed by atoms with Crippen molar-refractivity contribution in [2.45, 2.75) is 13.5 Å². The van der Waals surface area contributed by atoms with Crippen LogP contribution in [-0.4, -0.2) is 24.6 Å². The van der Waals surface area contributed by atoms with Crippen molar-refractivity contribution in [2.75, 3.05) is 13.7 Å². The fourth-order valence-electron chi connectivity index (χ4n) is 1.10. The number of hydrogen-bond acceptors (Lipinski definition) is 4. The van der Waals surface area contributed by atoms with Crippen molar-refractivity contribution in [3.8, 4) is 0 Å². The van der Waals surface area contributed by atoms with E-state index in [-0.39, 0.29) is 12.5 Å². The number of pyridine rings is 1. The molecule has 4 nitrogen and oxygen atoms in total. The molecule has 0 fully saturated rings. The third-order valence-electron chi connectivity index (χ3n) is 1.76. The Kier molecular flexibility index (Phi) is 4.07. The highest BCUT2D eigenvalue weighted by Crippen LogP contribution is 1.99. The predicted molar refractivity (Wildman–Crippen MR) is 52.7 cm³/mol. The van der Waals surface area contributed by atoms with Crippen molar-refractivity contribution >= 4 is 5.97 Å². The van der Waals surface area contributed by atoms with Gasteiger partial charge in [0.05, 0.1) is 13.7 Å². The van der Waals surface area contributed by atoms with Crippen LogP contribution in [0.2, 0.25) is 0 Å². The van der Waals surface area contributed by atoms with Crippen LogP contribution in [0.25, 0.3) is 0 Å². The molecule has 0 amide bonds. The number of methoxy groups -OCH3 is 1. The van der Waals surface area contributed by atoms with Crippen LogP contribution in [0, 0.1) is 6.92 Å². The Morgan fingerprint density at radius 1 is 1.57 bits per heavy atom. The van der Waals surface area contributed by atoms with Crippen molar-refractivity contribution in [1.29, 1.82) is 0 Å². The molecular formula is C10H14N2O2. The normalized spacial score (nSPS) is 9.86. The summed E-state index contributed by atoms with van der Waals surface area (Å²) in [6.45, 7) is 2.84. The standard InChI is InChI=1S/C10H14N2O2/c1-8-3-9(5-11-4-8)6-12-7-10(13)14-2/h3-5,12H,6-7H2,1-2H3. The molecule has 0 aliphatic carbocycles. The third kappa shape index (κ3) is 3.53. The Balaban J connectivity index is 2.35. The average Bonchev–Trinajstić information content (AvgIpc) is 2.17. The number of esters is 1. The molecule has 0 aliphatic heterocycles. The summed E-state index contributed by atoms with van der Waals surface area (Å²) >= 11 is 0. The van der Waals surface area contributed by atoms with Crippen molar-refractivity contribution in [2.24, 2.45) is 0 Å². The van der Waals surface area contributed by atoms with Gasteiger partial charge >= 0.3 is 5.97 Å². The molecule has 1 N–H and O–H groups in total. The summed E-state index contributed by atoms with van der Waals surface area (Å²) in [5.74, 6) is -0.259. The first kappa shape index (κ1) is 10.7. The third-order valence-corrected chi connectivity index (χ3v) is 1.76. The molecule has 0 bridgehead atoms. The lowest BCUT2D eigenvalue weighted by molar-refractivity contribution is -0.139. The molecule has 0 aromatic carbocycles. The van der Waals surface area contributed by atoms with Crippen molar-refractivity contribution < 1.29 is 9.53 Å². The van der Waals surface area contributed by atoms with Gasteiger partial charge in [-0.2, -0.15) is 0 Å². The molecule has 0 aliphatic rings. The second kappa shape index (κ2) is 5.34. The second-order valence-corrected chi connectivity index (χ2v) is 3.05. The average molecular weight is 194 g/mol. The number of nitrogens with zero attached hydrogens (tertiary/aromatic N) is 1. The Hall–Kier alpha value is -1.42. The zero-order chi connectivity index (χ0) is 10.4. The van der Waals surface area contributed by atoms with E-state index in [9.17, 15) is 4.79 Å². The van der Waals surface area contributed by atoms with Crippen molar-refractivity contribution in [3.63, 3.8) is 0 Å². The molecule has 1 heterocycles. The van der Waals surface area contributed by atoms with E-state index in [2.05, 4.69) is 15.0 Å². The molecule has 0 saturated carbocycles. The van der Waals surface area contributed by atoms with Crippen LogP contribution >= 0.6 is 0 Å². The van der Waals surface area contributed by atoms with E-state index in [1.54, 1.807) is 12.4 Å². The summed E-state index contributed by atoms with van der Waals surface area (Å²) in [7, 11) is 1.37. The topological polar surface area (TPSA) is 51.2 Å². The number of hydrogen-bond donors (Lipinski definition) is 1.